The van der Waals surface area contributed by atoms with Gasteiger partial charge in [-0.2, -0.15) is 0 Å². The van der Waals surface area contributed by atoms with E-state index in [1.54, 1.807) is 0 Å². The summed E-state index contributed by atoms with van der Waals surface area (Å²) in [5.74, 6) is -1.05. The van der Waals surface area contributed by atoms with Crippen LogP contribution in [0, 0.1) is 0 Å². The van der Waals surface area contributed by atoms with Crippen LogP contribution in [0.4, 0.5) is 0 Å². The van der Waals surface area contributed by atoms with Crippen LogP contribution in [0.25, 0.3) is 0 Å². The van der Waals surface area contributed by atoms with Crippen LogP contribution in [-0.2, 0) is 0 Å². The molecule has 0 fully saturated rings. The van der Waals surface area contributed by atoms with Crippen molar-refractivity contribution in [2.24, 2.45) is 17.2 Å². The number of nitrogens with two attached hydrogens (primary N) is 3. The Kier molecular flexibility index (Phi) is 2.36. The molecule has 0 aliphatic rings. The van der Waals surface area contributed by atoms with Gasteiger partial charge in [-0.15, -0.1) is 0 Å². The lowest BCUT2D eigenvalue weighted by Crippen LogP contribution is -2.63. The Morgan fingerprint density at radius 2 is 1.62 bits per heavy atom. The van der Waals surface area contributed by atoms with Gasteiger partial charge in [-0.25, -0.2) is 0 Å². The average molecular weight is 118 g/mol. The fraction of sp³-hybridized carbons (Fsp3) is 1.00. The number of nitrogens with zero attached hydrogens (tertiary/aromatic N) is 1. The highest BCUT2D eigenvalue weighted by atomic mass is 15.2. The molecule has 0 atom stereocenters. The molecule has 0 radical (unpaired) electrons. The highest BCUT2D eigenvalue weighted by Crippen LogP contribution is 1.79. The van der Waals surface area contributed by atoms with Crippen molar-refractivity contribution in [3.63, 3.8) is 0 Å². The van der Waals surface area contributed by atoms with E-state index in [0.29, 0.717) is 6.54 Å². The lowest BCUT2D eigenvalue weighted by molar-refractivity contribution is 0.295. The van der Waals surface area contributed by atoms with Gasteiger partial charge in [0.15, 0.2) is 0 Å². The van der Waals surface area contributed by atoms with Crippen molar-refractivity contribution in [3.05, 3.63) is 0 Å². The Morgan fingerprint density at radius 1 is 1.25 bits per heavy atom. The van der Waals surface area contributed by atoms with Gasteiger partial charge in [0.2, 0.25) is 0 Å². The molecule has 0 bridgehead atoms. The van der Waals surface area contributed by atoms with Crippen LogP contribution in [0.3, 0.4) is 0 Å². The third-order valence-electron chi connectivity index (χ3n) is 0.590. The molecule has 0 amide bonds. The number of hydrogen-bond donors (Lipinski definition) is 3. The molecule has 4 nitrogen and oxygen atoms in total. The zero-order valence-corrected chi connectivity index (χ0v) is 5.39. The monoisotopic (exact) mass is 118 g/mol. The average Bonchev–Trinajstić information content (AvgIpc) is 1.21. The molecule has 0 rings (SSSR count). The second kappa shape index (κ2) is 2.41. The van der Waals surface area contributed by atoms with Gasteiger partial charge in [-0.1, -0.05) is 0 Å². The largest absolute Gasteiger partial charge is 0.305 e. The van der Waals surface area contributed by atoms with E-state index in [1.807, 2.05) is 19.0 Å². The maximum absolute atomic E-state index is 5.25. The highest BCUT2D eigenvalue weighted by Gasteiger charge is 2.11. The molecule has 0 aromatic rings. The molecular formula is C4H14N4. The summed E-state index contributed by atoms with van der Waals surface area (Å²) >= 11 is 0. The first-order valence-electron chi connectivity index (χ1n) is 2.43. The fourth-order valence-electron chi connectivity index (χ4n) is 0.548. The molecule has 50 valence electrons. The third-order valence-corrected chi connectivity index (χ3v) is 0.590. The first kappa shape index (κ1) is 7.84. The topological polar surface area (TPSA) is 81.3 Å². The molecule has 0 aromatic heterocycles. The molecule has 8 heavy (non-hydrogen) atoms. The van der Waals surface area contributed by atoms with E-state index in [-0.39, 0.29) is 0 Å². The summed E-state index contributed by atoms with van der Waals surface area (Å²) in [6, 6.07) is 0. The Balaban J connectivity index is 3.39. The van der Waals surface area contributed by atoms with Crippen LogP contribution in [0.2, 0.25) is 0 Å². The smallest absolute Gasteiger partial charge is 0.129 e. The van der Waals surface area contributed by atoms with Gasteiger partial charge in [0.05, 0.1) is 0 Å². The molecule has 0 saturated heterocycles. The predicted octanol–water partition coefficient (Wildman–Crippen LogP) is -1.92. The van der Waals surface area contributed by atoms with Crippen LogP contribution in [0.15, 0.2) is 0 Å². The number of likely N-dealkylation sites (N-methyl/N-ethyl adjacent to an activating group) is 1. The SMILES string of the molecule is CN(C)CC(N)(N)N. The van der Waals surface area contributed by atoms with Crippen molar-refractivity contribution >= 4 is 0 Å². The summed E-state index contributed by atoms with van der Waals surface area (Å²) in [5, 5.41) is 0. The van der Waals surface area contributed by atoms with E-state index >= 15 is 0 Å². The van der Waals surface area contributed by atoms with Crippen molar-refractivity contribution in [2.45, 2.75) is 5.79 Å². The third kappa shape index (κ3) is 5.84. The summed E-state index contributed by atoms with van der Waals surface area (Å²) < 4.78 is 0. The van der Waals surface area contributed by atoms with Gasteiger partial charge >= 0.3 is 0 Å². The first-order valence-corrected chi connectivity index (χ1v) is 2.43. The van der Waals surface area contributed by atoms with Gasteiger partial charge < -0.3 is 22.1 Å². The molecule has 0 saturated carbocycles. The van der Waals surface area contributed by atoms with Crippen LogP contribution in [0.5, 0.6) is 0 Å². The molecule has 0 aliphatic carbocycles. The summed E-state index contributed by atoms with van der Waals surface area (Å²) in [6.45, 7) is 0.493. The minimum Gasteiger partial charge on any atom is -0.305 e. The Hall–Kier alpha value is -0.160. The van der Waals surface area contributed by atoms with Gasteiger partial charge in [-0.05, 0) is 14.1 Å². The summed E-state index contributed by atoms with van der Waals surface area (Å²) in [5.41, 5.74) is 15.8. The molecule has 6 N–H and O–H groups in total. The van der Waals surface area contributed by atoms with Crippen molar-refractivity contribution < 1.29 is 0 Å². The normalized spacial score (nSPS) is 12.8. The molecule has 0 unspecified atom stereocenters. The van der Waals surface area contributed by atoms with Crippen LogP contribution >= 0.6 is 0 Å². The van der Waals surface area contributed by atoms with Gasteiger partial charge in [-0.3, -0.25) is 0 Å². The number of hydrogen-bond acceptors (Lipinski definition) is 4. The van der Waals surface area contributed by atoms with Crippen LogP contribution in [-0.4, -0.2) is 31.3 Å². The second-order valence-corrected chi connectivity index (χ2v) is 2.35. The van der Waals surface area contributed by atoms with E-state index in [2.05, 4.69) is 0 Å². The summed E-state index contributed by atoms with van der Waals surface area (Å²) in [6.07, 6.45) is 0. The Labute approximate surface area is 49.6 Å². The summed E-state index contributed by atoms with van der Waals surface area (Å²) in [7, 11) is 3.72. The van der Waals surface area contributed by atoms with Crippen LogP contribution in [0.1, 0.15) is 0 Å². The Bertz CT molecular complexity index is 62.9. The van der Waals surface area contributed by atoms with Crippen molar-refractivity contribution in [1.82, 2.24) is 4.90 Å². The molecule has 0 heterocycles. The lowest BCUT2D eigenvalue weighted by atomic mass is 10.4. The Morgan fingerprint density at radius 3 is 1.62 bits per heavy atom. The van der Waals surface area contributed by atoms with Gasteiger partial charge in [0.25, 0.3) is 0 Å². The minimum atomic E-state index is -1.05. The molecular weight excluding hydrogens is 104 g/mol. The van der Waals surface area contributed by atoms with Gasteiger partial charge in [0, 0.05) is 6.54 Å². The first-order chi connectivity index (χ1) is 3.42. The van der Waals surface area contributed by atoms with E-state index < -0.39 is 5.79 Å². The van der Waals surface area contributed by atoms with E-state index in [1.165, 1.54) is 0 Å². The van der Waals surface area contributed by atoms with Crippen LogP contribution < -0.4 is 17.2 Å². The number of rotatable bonds is 2. The zero-order valence-electron chi connectivity index (χ0n) is 5.39. The summed E-state index contributed by atoms with van der Waals surface area (Å²) in [4.78, 5) is 1.83. The molecule has 4 heteroatoms. The van der Waals surface area contributed by atoms with Crippen molar-refractivity contribution in [3.8, 4) is 0 Å². The van der Waals surface area contributed by atoms with E-state index in [0.717, 1.165) is 0 Å². The van der Waals surface area contributed by atoms with Crippen molar-refractivity contribution in [2.75, 3.05) is 20.6 Å². The van der Waals surface area contributed by atoms with Crippen molar-refractivity contribution in [1.29, 1.82) is 0 Å². The van der Waals surface area contributed by atoms with E-state index in [4.69, 9.17) is 17.2 Å². The minimum absolute atomic E-state index is 0.493. The zero-order chi connectivity index (χ0) is 6.78. The standard InChI is InChI=1S/C4H14N4/c1-8(2)3-4(5,6)7/h3,5-7H2,1-2H3. The molecule has 0 aliphatic heterocycles. The predicted molar refractivity (Wildman–Crippen MR) is 33.8 cm³/mol. The quantitative estimate of drug-likeness (QED) is 0.369. The lowest BCUT2D eigenvalue weighted by Gasteiger charge is -2.22. The second-order valence-electron chi connectivity index (χ2n) is 2.35. The fourth-order valence-corrected chi connectivity index (χ4v) is 0.548. The van der Waals surface area contributed by atoms with E-state index in [9.17, 15) is 0 Å². The molecule has 0 spiro atoms. The maximum atomic E-state index is 5.25. The molecule has 0 aromatic carbocycles. The maximum Gasteiger partial charge on any atom is 0.129 e. The highest BCUT2D eigenvalue weighted by molar-refractivity contribution is 4.69. The van der Waals surface area contributed by atoms with Gasteiger partial charge in [0.1, 0.15) is 5.79 Å².